The van der Waals surface area contributed by atoms with E-state index in [1.54, 1.807) is 11.3 Å². The molecule has 0 bridgehead atoms. The van der Waals surface area contributed by atoms with E-state index in [2.05, 4.69) is 31.3 Å². The van der Waals surface area contributed by atoms with Gasteiger partial charge in [0.15, 0.2) is 0 Å². The van der Waals surface area contributed by atoms with Crippen LogP contribution in [0.2, 0.25) is 0 Å². The van der Waals surface area contributed by atoms with Gasteiger partial charge < -0.3 is 10.2 Å². The number of hydrogen-bond acceptors (Lipinski definition) is 3. The van der Waals surface area contributed by atoms with Gasteiger partial charge in [-0.1, -0.05) is 0 Å². The third kappa shape index (κ3) is 2.69. The number of aryl methyl sites for hydroxylation is 1. The van der Waals surface area contributed by atoms with E-state index in [4.69, 9.17) is 0 Å². The van der Waals surface area contributed by atoms with Gasteiger partial charge in [-0.2, -0.15) is 0 Å². The van der Waals surface area contributed by atoms with Crippen LogP contribution in [0.3, 0.4) is 0 Å². The van der Waals surface area contributed by atoms with Crippen LogP contribution in [0.5, 0.6) is 0 Å². The molecule has 0 aliphatic carbocycles. The van der Waals surface area contributed by atoms with Crippen LogP contribution in [0.25, 0.3) is 0 Å². The van der Waals surface area contributed by atoms with Gasteiger partial charge in [-0.25, -0.2) is 0 Å². The Morgan fingerprint density at radius 1 is 1.59 bits per heavy atom. The summed E-state index contributed by atoms with van der Waals surface area (Å²) < 4.78 is 0. The Morgan fingerprint density at radius 3 is 2.88 bits per heavy atom. The number of carbonyl (C=O) groups is 1. The van der Waals surface area contributed by atoms with Crippen LogP contribution >= 0.6 is 11.3 Å². The molecule has 1 N–H and O–H groups in total. The molecule has 0 radical (unpaired) electrons. The summed E-state index contributed by atoms with van der Waals surface area (Å²) in [6.45, 7) is 5.16. The molecule has 0 saturated carbocycles. The molecular weight excluding hydrogens is 232 g/mol. The number of likely N-dealkylation sites (N-methyl/N-ethyl adjacent to an activating group) is 1. The summed E-state index contributed by atoms with van der Waals surface area (Å²) in [5.74, 6) is 0.223. The Balaban J connectivity index is 2.03. The number of amides is 1. The van der Waals surface area contributed by atoms with E-state index in [0.717, 1.165) is 19.4 Å². The van der Waals surface area contributed by atoms with Gasteiger partial charge in [0.1, 0.15) is 0 Å². The zero-order chi connectivity index (χ0) is 12.4. The van der Waals surface area contributed by atoms with Gasteiger partial charge in [-0.15, -0.1) is 11.3 Å². The third-order valence-electron chi connectivity index (χ3n) is 3.46. The molecule has 1 aliphatic rings. The summed E-state index contributed by atoms with van der Waals surface area (Å²) in [6, 6.07) is 4.44. The third-order valence-corrected chi connectivity index (χ3v) is 4.63. The summed E-state index contributed by atoms with van der Waals surface area (Å²) in [5.41, 5.74) is 0. The SMILES string of the molecule is Cc1ccc(C(C)N(C)C(=O)[C@@H]2CCCN2)s1. The van der Waals surface area contributed by atoms with Gasteiger partial charge in [0.25, 0.3) is 0 Å². The lowest BCUT2D eigenvalue weighted by Gasteiger charge is -2.27. The number of thiophene rings is 1. The van der Waals surface area contributed by atoms with E-state index in [9.17, 15) is 4.79 Å². The van der Waals surface area contributed by atoms with Crippen molar-refractivity contribution < 1.29 is 4.79 Å². The van der Waals surface area contributed by atoms with Gasteiger partial charge in [-0.05, 0) is 45.4 Å². The lowest BCUT2D eigenvalue weighted by atomic mass is 10.1. The van der Waals surface area contributed by atoms with Crippen LogP contribution in [0.4, 0.5) is 0 Å². The average molecular weight is 252 g/mol. The Kier molecular flexibility index (Phi) is 3.84. The molecular formula is C13H20N2OS. The molecule has 1 saturated heterocycles. The standard InChI is InChI=1S/C13H20N2OS/c1-9-6-7-12(17-9)10(2)15(3)13(16)11-5-4-8-14-11/h6-7,10-11,14H,4-5,8H2,1-3H3/t10?,11-/m0/s1. The first kappa shape index (κ1) is 12.6. The number of carbonyl (C=O) groups excluding carboxylic acids is 1. The molecule has 3 nitrogen and oxygen atoms in total. The lowest BCUT2D eigenvalue weighted by Crippen LogP contribution is -2.42. The summed E-state index contributed by atoms with van der Waals surface area (Å²) >= 11 is 1.77. The molecule has 17 heavy (non-hydrogen) atoms. The fraction of sp³-hybridized carbons (Fsp3) is 0.615. The monoisotopic (exact) mass is 252 g/mol. The molecule has 1 aliphatic heterocycles. The predicted octanol–water partition coefficient (Wildman–Crippen LogP) is 2.33. The van der Waals surface area contributed by atoms with E-state index in [0.29, 0.717) is 0 Å². The van der Waals surface area contributed by atoms with Crippen LogP contribution in [-0.4, -0.2) is 30.4 Å². The molecule has 1 aromatic heterocycles. The van der Waals surface area contributed by atoms with Gasteiger partial charge in [-0.3, -0.25) is 4.79 Å². The summed E-state index contributed by atoms with van der Waals surface area (Å²) in [7, 11) is 1.90. The van der Waals surface area contributed by atoms with Gasteiger partial charge in [0, 0.05) is 16.8 Å². The van der Waals surface area contributed by atoms with Crippen molar-refractivity contribution in [1.82, 2.24) is 10.2 Å². The molecule has 2 heterocycles. The van der Waals surface area contributed by atoms with Crippen LogP contribution in [0.1, 0.15) is 35.6 Å². The molecule has 2 rings (SSSR count). The Hall–Kier alpha value is -0.870. The van der Waals surface area contributed by atoms with Gasteiger partial charge in [0.05, 0.1) is 12.1 Å². The normalized spacial score (nSPS) is 21.5. The molecule has 4 heteroatoms. The molecule has 0 spiro atoms. The minimum absolute atomic E-state index is 0.0310. The zero-order valence-corrected chi connectivity index (χ0v) is 11.5. The molecule has 1 aromatic rings. The smallest absolute Gasteiger partial charge is 0.239 e. The van der Waals surface area contributed by atoms with Crippen molar-refractivity contribution in [2.75, 3.05) is 13.6 Å². The summed E-state index contributed by atoms with van der Waals surface area (Å²) in [5, 5.41) is 3.26. The second-order valence-corrected chi connectivity index (χ2v) is 6.04. The lowest BCUT2D eigenvalue weighted by molar-refractivity contribution is -0.133. The topological polar surface area (TPSA) is 32.3 Å². The van der Waals surface area contributed by atoms with E-state index in [1.807, 2.05) is 11.9 Å². The van der Waals surface area contributed by atoms with E-state index < -0.39 is 0 Å². The Labute approximate surface area is 107 Å². The van der Waals surface area contributed by atoms with E-state index in [-0.39, 0.29) is 18.0 Å². The quantitative estimate of drug-likeness (QED) is 0.895. The molecule has 1 unspecified atom stereocenters. The van der Waals surface area contributed by atoms with E-state index in [1.165, 1.54) is 9.75 Å². The van der Waals surface area contributed by atoms with Crippen molar-refractivity contribution >= 4 is 17.2 Å². The number of hydrogen-bond donors (Lipinski definition) is 1. The highest BCUT2D eigenvalue weighted by Crippen LogP contribution is 2.27. The maximum absolute atomic E-state index is 12.2. The molecule has 1 amide bonds. The van der Waals surface area contributed by atoms with Crippen molar-refractivity contribution in [3.8, 4) is 0 Å². The fourth-order valence-electron chi connectivity index (χ4n) is 2.20. The number of nitrogens with zero attached hydrogens (tertiary/aromatic N) is 1. The van der Waals surface area contributed by atoms with Crippen molar-refractivity contribution in [3.63, 3.8) is 0 Å². The summed E-state index contributed by atoms with van der Waals surface area (Å²) in [4.78, 5) is 16.7. The van der Waals surface area contributed by atoms with Crippen molar-refractivity contribution in [2.24, 2.45) is 0 Å². The second-order valence-electron chi connectivity index (χ2n) is 4.72. The minimum Gasteiger partial charge on any atom is -0.337 e. The Morgan fingerprint density at radius 2 is 2.35 bits per heavy atom. The highest BCUT2D eigenvalue weighted by Gasteiger charge is 2.28. The maximum atomic E-state index is 12.2. The first-order valence-electron chi connectivity index (χ1n) is 6.16. The fourth-order valence-corrected chi connectivity index (χ4v) is 3.17. The minimum atomic E-state index is 0.0310. The van der Waals surface area contributed by atoms with E-state index >= 15 is 0 Å². The maximum Gasteiger partial charge on any atom is 0.239 e. The van der Waals surface area contributed by atoms with Gasteiger partial charge >= 0.3 is 0 Å². The largest absolute Gasteiger partial charge is 0.337 e. The van der Waals surface area contributed by atoms with Crippen molar-refractivity contribution in [3.05, 3.63) is 21.9 Å². The van der Waals surface area contributed by atoms with Crippen LogP contribution in [0.15, 0.2) is 12.1 Å². The average Bonchev–Trinajstić information content (AvgIpc) is 2.96. The molecule has 94 valence electrons. The summed E-state index contributed by atoms with van der Waals surface area (Å²) in [6.07, 6.45) is 2.08. The van der Waals surface area contributed by atoms with Crippen molar-refractivity contribution in [1.29, 1.82) is 0 Å². The first-order valence-corrected chi connectivity index (χ1v) is 6.97. The van der Waals surface area contributed by atoms with Crippen molar-refractivity contribution in [2.45, 2.75) is 38.8 Å². The van der Waals surface area contributed by atoms with Crippen LogP contribution in [-0.2, 0) is 4.79 Å². The van der Waals surface area contributed by atoms with Crippen LogP contribution in [0, 0.1) is 6.92 Å². The molecule has 1 fully saturated rings. The number of nitrogens with one attached hydrogen (secondary N) is 1. The predicted molar refractivity (Wildman–Crippen MR) is 71.3 cm³/mol. The highest BCUT2D eigenvalue weighted by molar-refractivity contribution is 7.12. The van der Waals surface area contributed by atoms with Gasteiger partial charge in [0.2, 0.25) is 5.91 Å². The van der Waals surface area contributed by atoms with Crippen LogP contribution < -0.4 is 5.32 Å². The zero-order valence-electron chi connectivity index (χ0n) is 10.7. The molecule has 2 atom stereocenters. The second kappa shape index (κ2) is 5.19. The molecule has 0 aromatic carbocycles. The Bertz CT molecular complexity index is 396. The number of rotatable bonds is 3. The highest BCUT2D eigenvalue weighted by atomic mass is 32.1. The first-order chi connectivity index (χ1) is 8.09.